The second kappa shape index (κ2) is 9.01. The molecule has 6 nitrogen and oxygen atoms in total. The van der Waals surface area contributed by atoms with E-state index < -0.39 is 0 Å². The number of piperidine rings is 1. The number of ether oxygens (including phenoxy) is 1. The maximum absolute atomic E-state index is 11.6. The van der Waals surface area contributed by atoms with Crippen molar-refractivity contribution < 1.29 is 9.53 Å². The molecule has 0 atom stereocenters. The molecule has 1 aromatic heterocycles. The molecule has 0 spiro atoms. The van der Waals surface area contributed by atoms with Crippen molar-refractivity contribution in [3.8, 4) is 0 Å². The van der Waals surface area contributed by atoms with Gasteiger partial charge in [-0.15, -0.1) is 11.3 Å². The van der Waals surface area contributed by atoms with Crippen LogP contribution in [0, 0.1) is 19.8 Å². The number of hydrogen-bond donors (Lipinski definition) is 1. The summed E-state index contributed by atoms with van der Waals surface area (Å²) in [6.45, 7) is 9.45. The van der Waals surface area contributed by atoms with Crippen molar-refractivity contribution in [1.82, 2.24) is 15.2 Å². The van der Waals surface area contributed by atoms with Gasteiger partial charge >= 0.3 is 5.97 Å². The van der Waals surface area contributed by atoms with Crippen LogP contribution in [0.1, 0.15) is 35.3 Å². The number of esters is 1. The highest BCUT2D eigenvalue weighted by molar-refractivity contribution is 7.11. The SMILES string of the molecule is CCNC(=NCCc1sc(C)nc1C)N1CCC(C(=O)OC)CC1. The molecule has 0 aromatic carbocycles. The van der Waals surface area contributed by atoms with Crippen LogP contribution in [0.2, 0.25) is 0 Å². The summed E-state index contributed by atoms with van der Waals surface area (Å²) in [5.74, 6) is 0.879. The number of likely N-dealkylation sites (tertiary alicyclic amines) is 1. The fourth-order valence-electron chi connectivity index (χ4n) is 2.99. The summed E-state index contributed by atoms with van der Waals surface area (Å²) in [5.41, 5.74) is 1.12. The first kappa shape index (κ1) is 18.7. The van der Waals surface area contributed by atoms with Crippen LogP contribution in [-0.2, 0) is 16.0 Å². The molecule has 0 bridgehead atoms. The third kappa shape index (κ3) is 4.93. The number of nitrogens with zero attached hydrogens (tertiary/aromatic N) is 3. The molecule has 1 aliphatic heterocycles. The zero-order chi connectivity index (χ0) is 17.5. The highest BCUT2D eigenvalue weighted by Crippen LogP contribution is 2.19. The second-order valence-corrected chi connectivity index (χ2v) is 7.30. The van der Waals surface area contributed by atoms with Crippen molar-refractivity contribution in [2.24, 2.45) is 10.9 Å². The van der Waals surface area contributed by atoms with Crippen LogP contribution in [0.4, 0.5) is 0 Å². The maximum Gasteiger partial charge on any atom is 0.308 e. The standard InChI is InChI=1S/C17H28N4O2S/c1-5-18-17(19-9-6-15-12(2)20-13(3)24-15)21-10-7-14(8-11-21)16(22)23-4/h14H,5-11H2,1-4H3,(H,18,19). The first-order chi connectivity index (χ1) is 11.5. The first-order valence-corrected chi connectivity index (χ1v) is 9.40. The molecular weight excluding hydrogens is 324 g/mol. The van der Waals surface area contributed by atoms with Crippen molar-refractivity contribution >= 4 is 23.3 Å². The average Bonchev–Trinajstić information content (AvgIpc) is 2.91. The van der Waals surface area contributed by atoms with Crippen LogP contribution < -0.4 is 5.32 Å². The summed E-state index contributed by atoms with van der Waals surface area (Å²) < 4.78 is 4.85. The third-order valence-electron chi connectivity index (χ3n) is 4.26. The number of aryl methyl sites for hydroxylation is 2. The van der Waals surface area contributed by atoms with Gasteiger partial charge in [0.05, 0.1) is 23.7 Å². The average molecular weight is 353 g/mol. The fourth-order valence-corrected chi connectivity index (χ4v) is 3.91. The molecule has 1 saturated heterocycles. The van der Waals surface area contributed by atoms with E-state index in [1.165, 1.54) is 12.0 Å². The van der Waals surface area contributed by atoms with Gasteiger partial charge in [-0.2, -0.15) is 0 Å². The van der Waals surface area contributed by atoms with Gasteiger partial charge in [0, 0.05) is 37.5 Å². The lowest BCUT2D eigenvalue weighted by molar-refractivity contribution is -0.146. The molecule has 1 aromatic rings. The quantitative estimate of drug-likeness (QED) is 0.500. The summed E-state index contributed by atoms with van der Waals surface area (Å²) in [7, 11) is 1.46. The molecule has 0 unspecified atom stereocenters. The van der Waals surface area contributed by atoms with Crippen LogP contribution in [0.15, 0.2) is 4.99 Å². The Labute approximate surface area is 148 Å². The number of carbonyl (C=O) groups excluding carboxylic acids is 1. The summed E-state index contributed by atoms with van der Waals surface area (Å²) in [6, 6.07) is 0. The topological polar surface area (TPSA) is 66.8 Å². The van der Waals surface area contributed by atoms with E-state index in [-0.39, 0.29) is 11.9 Å². The van der Waals surface area contributed by atoms with E-state index in [1.54, 1.807) is 11.3 Å². The van der Waals surface area contributed by atoms with Gasteiger partial charge in [-0.3, -0.25) is 9.79 Å². The fraction of sp³-hybridized carbons (Fsp3) is 0.706. The molecule has 0 radical (unpaired) electrons. The van der Waals surface area contributed by atoms with Crippen LogP contribution in [-0.4, -0.2) is 55.1 Å². The number of thiazole rings is 1. The van der Waals surface area contributed by atoms with E-state index in [9.17, 15) is 4.79 Å². The van der Waals surface area contributed by atoms with E-state index >= 15 is 0 Å². The molecule has 0 saturated carbocycles. The lowest BCUT2D eigenvalue weighted by Gasteiger charge is -2.33. The van der Waals surface area contributed by atoms with Gasteiger partial charge in [0.2, 0.25) is 0 Å². The Morgan fingerprint density at radius 2 is 2.12 bits per heavy atom. The van der Waals surface area contributed by atoms with Gasteiger partial charge in [0.25, 0.3) is 0 Å². The number of nitrogens with one attached hydrogen (secondary N) is 1. The molecule has 2 rings (SSSR count). The van der Waals surface area contributed by atoms with Gasteiger partial charge in [-0.1, -0.05) is 0 Å². The van der Waals surface area contributed by atoms with Gasteiger partial charge < -0.3 is 15.0 Å². The van der Waals surface area contributed by atoms with Crippen LogP contribution in [0.5, 0.6) is 0 Å². The van der Waals surface area contributed by atoms with E-state index in [4.69, 9.17) is 9.73 Å². The number of methoxy groups -OCH3 is 1. The molecule has 0 amide bonds. The van der Waals surface area contributed by atoms with Gasteiger partial charge in [0.15, 0.2) is 5.96 Å². The summed E-state index contributed by atoms with van der Waals surface area (Å²) in [5, 5.41) is 4.48. The van der Waals surface area contributed by atoms with Gasteiger partial charge in [-0.05, 0) is 33.6 Å². The van der Waals surface area contributed by atoms with Crippen molar-refractivity contribution in [3.63, 3.8) is 0 Å². The van der Waals surface area contributed by atoms with Crippen LogP contribution in [0.3, 0.4) is 0 Å². The minimum atomic E-state index is -0.0902. The number of aliphatic imine (C=N–C) groups is 1. The molecule has 24 heavy (non-hydrogen) atoms. The summed E-state index contributed by atoms with van der Waals surface area (Å²) in [4.78, 5) is 24.4. The minimum Gasteiger partial charge on any atom is -0.469 e. The smallest absolute Gasteiger partial charge is 0.308 e. The first-order valence-electron chi connectivity index (χ1n) is 8.59. The molecule has 134 valence electrons. The van der Waals surface area contributed by atoms with E-state index in [0.717, 1.165) is 62.1 Å². The predicted octanol–water partition coefficient (Wildman–Crippen LogP) is 2.15. The lowest BCUT2D eigenvalue weighted by Crippen LogP contribution is -2.46. The molecule has 1 N–H and O–H groups in total. The Hall–Kier alpha value is -1.63. The Morgan fingerprint density at radius 3 is 2.67 bits per heavy atom. The van der Waals surface area contributed by atoms with Gasteiger partial charge in [0.1, 0.15) is 0 Å². The molecular formula is C17H28N4O2S. The zero-order valence-corrected chi connectivity index (χ0v) is 15.9. The lowest BCUT2D eigenvalue weighted by atomic mass is 9.97. The largest absolute Gasteiger partial charge is 0.469 e. The van der Waals surface area contributed by atoms with E-state index in [1.807, 2.05) is 6.92 Å². The number of rotatable bonds is 5. The normalized spacial score (nSPS) is 16.3. The number of carbonyl (C=O) groups is 1. The van der Waals surface area contributed by atoms with Crippen molar-refractivity contribution in [1.29, 1.82) is 0 Å². The Morgan fingerprint density at radius 1 is 1.42 bits per heavy atom. The van der Waals surface area contributed by atoms with E-state index in [0.29, 0.717) is 0 Å². The van der Waals surface area contributed by atoms with Crippen LogP contribution >= 0.6 is 11.3 Å². The highest BCUT2D eigenvalue weighted by atomic mass is 32.1. The molecule has 1 aliphatic rings. The number of guanidine groups is 1. The predicted molar refractivity (Wildman–Crippen MR) is 97.6 cm³/mol. The third-order valence-corrected chi connectivity index (χ3v) is 5.40. The second-order valence-electron chi connectivity index (χ2n) is 6.01. The van der Waals surface area contributed by atoms with Crippen molar-refractivity contribution in [2.45, 2.75) is 40.0 Å². The summed E-state index contributed by atoms with van der Waals surface area (Å²) >= 11 is 1.76. The monoisotopic (exact) mass is 352 g/mol. The van der Waals surface area contributed by atoms with Crippen molar-refractivity contribution in [2.75, 3.05) is 33.3 Å². The van der Waals surface area contributed by atoms with Crippen LogP contribution in [0.25, 0.3) is 0 Å². The summed E-state index contributed by atoms with van der Waals surface area (Å²) in [6.07, 6.45) is 2.57. The molecule has 7 heteroatoms. The van der Waals surface area contributed by atoms with Gasteiger partial charge in [-0.25, -0.2) is 4.98 Å². The zero-order valence-electron chi connectivity index (χ0n) is 15.1. The Balaban J connectivity index is 1.91. The molecule has 2 heterocycles. The maximum atomic E-state index is 11.6. The molecule has 0 aliphatic carbocycles. The minimum absolute atomic E-state index is 0.0249. The Bertz CT molecular complexity index is 577. The molecule has 1 fully saturated rings. The highest BCUT2D eigenvalue weighted by Gasteiger charge is 2.26. The Kier molecular flexibility index (Phi) is 7.02. The van der Waals surface area contributed by atoms with E-state index in [2.05, 4.69) is 29.0 Å². The number of hydrogen-bond acceptors (Lipinski definition) is 5. The number of aromatic nitrogens is 1. The van der Waals surface area contributed by atoms with Crippen molar-refractivity contribution in [3.05, 3.63) is 15.6 Å².